The lowest BCUT2D eigenvalue weighted by molar-refractivity contribution is 0.214. The molecule has 2 heterocycles. The lowest BCUT2D eigenvalue weighted by Crippen LogP contribution is -2.02. The van der Waals surface area contributed by atoms with Gasteiger partial charge in [0.15, 0.2) is 5.82 Å². The molecular formula is C16H19N5O. The van der Waals surface area contributed by atoms with E-state index in [1.807, 2.05) is 25.1 Å². The van der Waals surface area contributed by atoms with E-state index >= 15 is 0 Å². The normalized spacial score (nSPS) is 11.7. The number of imidazole rings is 1. The quantitative estimate of drug-likeness (QED) is 0.446. The molecule has 0 atom stereocenters. The summed E-state index contributed by atoms with van der Waals surface area (Å²) in [7, 11) is 1.55. The molecule has 2 N–H and O–H groups in total. The fourth-order valence-corrected chi connectivity index (χ4v) is 2.71. The summed E-state index contributed by atoms with van der Waals surface area (Å²) in [6, 6.07) is 8.02. The van der Waals surface area contributed by atoms with E-state index < -0.39 is 0 Å². The first-order chi connectivity index (χ1) is 10.7. The van der Waals surface area contributed by atoms with E-state index in [0.29, 0.717) is 5.82 Å². The Labute approximate surface area is 128 Å². The second-order valence-corrected chi connectivity index (χ2v) is 5.13. The minimum Gasteiger partial charge on any atom is -0.399 e. The maximum absolute atomic E-state index is 6.07. The Morgan fingerprint density at radius 3 is 2.95 bits per heavy atom. The van der Waals surface area contributed by atoms with Gasteiger partial charge in [-0.1, -0.05) is 23.4 Å². The van der Waals surface area contributed by atoms with Gasteiger partial charge in [0.2, 0.25) is 0 Å². The predicted molar refractivity (Wildman–Crippen MR) is 88.9 cm³/mol. The fraction of sp³-hybridized carbons (Fsp3) is 0.312. The molecule has 6 nitrogen and oxygen atoms in total. The van der Waals surface area contributed by atoms with Gasteiger partial charge in [-0.25, -0.2) is 9.97 Å². The van der Waals surface area contributed by atoms with E-state index in [2.05, 4.69) is 30.6 Å². The van der Waals surface area contributed by atoms with Gasteiger partial charge in [0, 0.05) is 18.1 Å². The van der Waals surface area contributed by atoms with Gasteiger partial charge in [0.1, 0.15) is 18.5 Å². The van der Waals surface area contributed by atoms with Crippen LogP contribution in [-0.2, 0) is 11.4 Å². The van der Waals surface area contributed by atoms with Crippen molar-refractivity contribution in [3.8, 4) is 0 Å². The molecule has 0 saturated carbocycles. The predicted octanol–water partition coefficient (Wildman–Crippen LogP) is 2.89. The van der Waals surface area contributed by atoms with Crippen LogP contribution in [0.15, 0.2) is 29.4 Å². The van der Waals surface area contributed by atoms with Crippen LogP contribution >= 0.6 is 0 Å². The Morgan fingerprint density at radius 1 is 1.32 bits per heavy atom. The van der Waals surface area contributed by atoms with Crippen molar-refractivity contribution in [3.05, 3.63) is 30.1 Å². The van der Waals surface area contributed by atoms with Gasteiger partial charge in [0.05, 0.1) is 11.0 Å². The van der Waals surface area contributed by atoms with Crippen LogP contribution in [0.1, 0.15) is 18.7 Å². The molecule has 0 saturated heterocycles. The van der Waals surface area contributed by atoms with E-state index in [1.54, 1.807) is 13.3 Å². The number of nitrogens with zero attached hydrogens (tertiary/aromatic N) is 4. The Bertz CT molecular complexity index is 837. The summed E-state index contributed by atoms with van der Waals surface area (Å²) >= 11 is 0. The smallest absolute Gasteiger partial charge is 0.152 e. The SMILES string of the molecule is CON=CCCCn1c(C)nc2c(N)nc3ccccc3c21. The Balaban J connectivity index is 2.05. The molecule has 3 rings (SSSR count). The first kappa shape index (κ1) is 14.3. The molecule has 0 aliphatic carbocycles. The number of aryl methyl sites for hydroxylation is 2. The molecule has 0 fully saturated rings. The van der Waals surface area contributed by atoms with E-state index in [4.69, 9.17) is 5.73 Å². The number of nitrogens with two attached hydrogens (primary N) is 1. The van der Waals surface area contributed by atoms with Crippen LogP contribution in [0.3, 0.4) is 0 Å². The van der Waals surface area contributed by atoms with Crippen LogP contribution in [0, 0.1) is 6.92 Å². The van der Waals surface area contributed by atoms with Crippen molar-refractivity contribution >= 4 is 34.0 Å². The van der Waals surface area contributed by atoms with Crippen LogP contribution in [0.4, 0.5) is 5.82 Å². The van der Waals surface area contributed by atoms with Crippen LogP contribution in [-0.4, -0.2) is 27.9 Å². The summed E-state index contributed by atoms with van der Waals surface area (Å²) in [5.74, 6) is 1.43. The topological polar surface area (TPSA) is 78.3 Å². The zero-order valence-corrected chi connectivity index (χ0v) is 12.8. The number of anilines is 1. The third-order valence-corrected chi connectivity index (χ3v) is 3.70. The number of benzene rings is 1. The van der Waals surface area contributed by atoms with Crippen LogP contribution in [0.25, 0.3) is 21.9 Å². The highest BCUT2D eigenvalue weighted by atomic mass is 16.6. The standard InChI is InChI=1S/C16H19N5O/c1-11-19-14-15(21(11)10-6-5-9-18-22-2)12-7-3-4-8-13(12)20-16(14)17/h3-4,7-9H,5-6,10H2,1-2H3,(H2,17,20). The number of rotatable bonds is 5. The number of pyridine rings is 1. The first-order valence-electron chi connectivity index (χ1n) is 7.28. The highest BCUT2D eigenvalue weighted by Gasteiger charge is 2.14. The van der Waals surface area contributed by atoms with Crippen molar-refractivity contribution in [3.63, 3.8) is 0 Å². The molecule has 0 bridgehead atoms. The number of fused-ring (bicyclic) bond motifs is 3. The van der Waals surface area contributed by atoms with Gasteiger partial charge in [0.25, 0.3) is 0 Å². The molecule has 1 aromatic carbocycles. The van der Waals surface area contributed by atoms with Crippen molar-refractivity contribution in [2.45, 2.75) is 26.3 Å². The highest BCUT2D eigenvalue weighted by molar-refractivity contribution is 6.06. The molecule has 0 aliphatic heterocycles. The molecule has 0 radical (unpaired) electrons. The molecule has 0 aliphatic rings. The summed E-state index contributed by atoms with van der Waals surface area (Å²) < 4.78 is 2.20. The largest absolute Gasteiger partial charge is 0.399 e. The number of nitrogen functional groups attached to an aromatic ring is 1. The third kappa shape index (κ3) is 2.47. The number of para-hydroxylation sites is 1. The Kier molecular flexibility index (Phi) is 3.91. The summed E-state index contributed by atoms with van der Waals surface area (Å²) in [6.07, 6.45) is 3.59. The monoisotopic (exact) mass is 297 g/mol. The van der Waals surface area contributed by atoms with Crippen LogP contribution in [0.2, 0.25) is 0 Å². The van der Waals surface area contributed by atoms with E-state index in [-0.39, 0.29) is 0 Å². The maximum Gasteiger partial charge on any atom is 0.152 e. The molecule has 0 unspecified atom stereocenters. The molecule has 6 heteroatoms. The number of unbranched alkanes of at least 4 members (excludes halogenated alkanes) is 1. The minimum absolute atomic E-state index is 0.483. The van der Waals surface area contributed by atoms with Gasteiger partial charge in [-0.3, -0.25) is 0 Å². The van der Waals surface area contributed by atoms with Crippen LogP contribution < -0.4 is 5.73 Å². The number of aromatic nitrogens is 3. The second-order valence-electron chi connectivity index (χ2n) is 5.13. The summed E-state index contributed by atoms with van der Waals surface area (Å²) in [6.45, 7) is 2.85. The summed E-state index contributed by atoms with van der Waals surface area (Å²) in [5.41, 5.74) is 8.81. The van der Waals surface area contributed by atoms with Crippen molar-refractivity contribution in [1.82, 2.24) is 14.5 Å². The van der Waals surface area contributed by atoms with Crippen molar-refractivity contribution in [2.75, 3.05) is 12.8 Å². The lowest BCUT2D eigenvalue weighted by Gasteiger charge is -2.08. The third-order valence-electron chi connectivity index (χ3n) is 3.70. The molecule has 0 amide bonds. The van der Waals surface area contributed by atoms with Crippen molar-refractivity contribution < 1.29 is 4.84 Å². The number of hydrogen-bond acceptors (Lipinski definition) is 5. The molecular weight excluding hydrogens is 278 g/mol. The first-order valence-corrected chi connectivity index (χ1v) is 7.28. The zero-order chi connectivity index (χ0) is 15.5. The fourth-order valence-electron chi connectivity index (χ4n) is 2.71. The number of hydrogen-bond donors (Lipinski definition) is 1. The lowest BCUT2D eigenvalue weighted by atomic mass is 10.2. The van der Waals surface area contributed by atoms with Gasteiger partial charge in [-0.05, 0) is 25.8 Å². The molecule has 22 heavy (non-hydrogen) atoms. The minimum atomic E-state index is 0.483. The van der Waals surface area contributed by atoms with E-state index in [0.717, 1.165) is 47.1 Å². The van der Waals surface area contributed by atoms with Gasteiger partial charge >= 0.3 is 0 Å². The van der Waals surface area contributed by atoms with Crippen LogP contribution in [0.5, 0.6) is 0 Å². The summed E-state index contributed by atoms with van der Waals surface area (Å²) in [5, 5.41) is 4.84. The average molecular weight is 297 g/mol. The van der Waals surface area contributed by atoms with Gasteiger partial charge < -0.3 is 15.1 Å². The second kappa shape index (κ2) is 6.01. The summed E-state index contributed by atoms with van der Waals surface area (Å²) in [4.78, 5) is 13.7. The zero-order valence-electron chi connectivity index (χ0n) is 12.8. The Morgan fingerprint density at radius 2 is 2.14 bits per heavy atom. The average Bonchev–Trinajstić information content (AvgIpc) is 2.85. The maximum atomic E-state index is 6.07. The van der Waals surface area contributed by atoms with E-state index in [1.165, 1.54) is 0 Å². The van der Waals surface area contributed by atoms with Gasteiger partial charge in [-0.15, -0.1) is 0 Å². The number of oxime groups is 1. The molecule has 0 spiro atoms. The van der Waals surface area contributed by atoms with Gasteiger partial charge in [-0.2, -0.15) is 0 Å². The van der Waals surface area contributed by atoms with Crippen molar-refractivity contribution in [1.29, 1.82) is 0 Å². The molecule has 114 valence electrons. The highest BCUT2D eigenvalue weighted by Crippen LogP contribution is 2.28. The molecule has 2 aromatic heterocycles. The Hall–Kier alpha value is -2.63. The van der Waals surface area contributed by atoms with Crippen molar-refractivity contribution in [2.24, 2.45) is 5.16 Å². The molecule has 3 aromatic rings. The van der Waals surface area contributed by atoms with E-state index in [9.17, 15) is 0 Å².